The largest absolute Gasteiger partial charge is 0.330 e. The van der Waals surface area contributed by atoms with Crippen molar-refractivity contribution in [3.8, 4) is 5.69 Å². The third kappa shape index (κ3) is 3.00. The second-order valence-corrected chi connectivity index (χ2v) is 4.44. The average molecular weight is 258 g/mol. The van der Waals surface area contributed by atoms with Crippen LogP contribution in [-0.4, -0.2) is 22.2 Å². The maximum atomic E-state index is 11.7. The molecule has 19 heavy (non-hydrogen) atoms. The van der Waals surface area contributed by atoms with E-state index in [1.54, 1.807) is 0 Å². The van der Waals surface area contributed by atoms with Gasteiger partial charge in [0.15, 0.2) is 0 Å². The fraction of sp³-hybridized carbons (Fsp3) is 0.286. The predicted octanol–water partition coefficient (Wildman–Crippen LogP) is 1.78. The van der Waals surface area contributed by atoms with Crippen LogP contribution in [0.4, 0.5) is 5.69 Å². The van der Waals surface area contributed by atoms with Gasteiger partial charge in [0.25, 0.3) is 0 Å². The number of amides is 1. The van der Waals surface area contributed by atoms with Gasteiger partial charge in [0.05, 0.1) is 17.1 Å². The summed E-state index contributed by atoms with van der Waals surface area (Å²) in [5, 5.41) is 7.30. The molecule has 0 unspecified atom stereocenters. The Morgan fingerprint density at radius 2 is 2.11 bits per heavy atom. The highest BCUT2D eigenvalue weighted by atomic mass is 16.1. The molecule has 0 radical (unpaired) electrons. The van der Waals surface area contributed by atoms with Crippen molar-refractivity contribution in [3.63, 3.8) is 0 Å². The van der Waals surface area contributed by atoms with Gasteiger partial charge in [0, 0.05) is 18.7 Å². The molecule has 1 aromatic heterocycles. The number of carbonyl (C=O) groups is 1. The summed E-state index contributed by atoms with van der Waals surface area (Å²) in [4.78, 5) is 11.7. The van der Waals surface area contributed by atoms with Crippen molar-refractivity contribution in [1.29, 1.82) is 0 Å². The number of nitrogens with two attached hydrogens (primary N) is 1. The monoisotopic (exact) mass is 258 g/mol. The lowest BCUT2D eigenvalue weighted by Crippen LogP contribution is -2.17. The Labute approximate surface area is 112 Å². The molecule has 0 atom stereocenters. The summed E-state index contributed by atoms with van der Waals surface area (Å²) < 4.78 is 1.83. The van der Waals surface area contributed by atoms with E-state index in [9.17, 15) is 4.79 Å². The first-order valence-corrected chi connectivity index (χ1v) is 6.24. The Morgan fingerprint density at radius 3 is 2.74 bits per heavy atom. The molecule has 0 fully saturated rings. The van der Waals surface area contributed by atoms with Crippen molar-refractivity contribution in [3.05, 3.63) is 41.7 Å². The first-order chi connectivity index (χ1) is 9.11. The van der Waals surface area contributed by atoms with E-state index in [1.165, 1.54) is 0 Å². The van der Waals surface area contributed by atoms with E-state index < -0.39 is 0 Å². The fourth-order valence-electron chi connectivity index (χ4n) is 1.98. The van der Waals surface area contributed by atoms with Crippen molar-refractivity contribution in [1.82, 2.24) is 9.78 Å². The van der Waals surface area contributed by atoms with Gasteiger partial charge >= 0.3 is 0 Å². The van der Waals surface area contributed by atoms with E-state index in [1.807, 2.05) is 48.9 Å². The average Bonchev–Trinajstić information content (AvgIpc) is 2.69. The summed E-state index contributed by atoms with van der Waals surface area (Å²) in [7, 11) is 0. The van der Waals surface area contributed by atoms with Gasteiger partial charge in [0.2, 0.25) is 5.91 Å². The Morgan fingerprint density at radius 1 is 1.37 bits per heavy atom. The van der Waals surface area contributed by atoms with Gasteiger partial charge in [-0.05, 0) is 32.0 Å². The van der Waals surface area contributed by atoms with Crippen LogP contribution in [0.2, 0.25) is 0 Å². The minimum absolute atomic E-state index is 0.0866. The number of para-hydroxylation sites is 2. The molecule has 0 saturated heterocycles. The van der Waals surface area contributed by atoms with E-state index in [4.69, 9.17) is 5.73 Å². The van der Waals surface area contributed by atoms with E-state index in [0.717, 1.165) is 22.8 Å². The first kappa shape index (κ1) is 13.3. The normalized spacial score (nSPS) is 10.5. The van der Waals surface area contributed by atoms with Crippen LogP contribution in [0.25, 0.3) is 5.69 Å². The second-order valence-electron chi connectivity index (χ2n) is 4.44. The molecule has 0 aliphatic rings. The van der Waals surface area contributed by atoms with Crippen molar-refractivity contribution in [2.75, 3.05) is 11.9 Å². The third-order valence-electron chi connectivity index (χ3n) is 2.79. The van der Waals surface area contributed by atoms with Gasteiger partial charge in [0.1, 0.15) is 0 Å². The molecule has 2 aromatic rings. The summed E-state index contributed by atoms with van der Waals surface area (Å²) in [6.45, 7) is 4.27. The smallest absolute Gasteiger partial charge is 0.225 e. The maximum absolute atomic E-state index is 11.7. The number of hydrogen-bond acceptors (Lipinski definition) is 3. The minimum atomic E-state index is -0.0866. The zero-order valence-corrected chi connectivity index (χ0v) is 11.2. The third-order valence-corrected chi connectivity index (χ3v) is 2.79. The summed E-state index contributed by atoms with van der Waals surface area (Å²) in [5.74, 6) is -0.0866. The number of nitrogens with zero attached hydrogens (tertiary/aromatic N) is 2. The number of carbonyl (C=O) groups excluding carboxylic acids is 1. The predicted molar refractivity (Wildman–Crippen MR) is 75.3 cm³/mol. The number of aromatic nitrogens is 2. The number of anilines is 1. The minimum Gasteiger partial charge on any atom is -0.330 e. The molecule has 5 heteroatoms. The Balaban J connectivity index is 2.36. The zero-order valence-electron chi connectivity index (χ0n) is 11.2. The molecule has 0 aliphatic carbocycles. The van der Waals surface area contributed by atoms with Gasteiger partial charge in [-0.15, -0.1) is 0 Å². The molecule has 5 nitrogen and oxygen atoms in total. The van der Waals surface area contributed by atoms with Crippen LogP contribution in [-0.2, 0) is 4.79 Å². The van der Waals surface area contributed by atoms with Gasteiger partial charge < -0.3 is 11.1 Å². The Kier molecular flexibility index (Phi) is 3.97. The van der Waals surface area contributed by atoms with Gasteiger partial charge in [-0.2, -0.15) is 5.10 Å². The van der Waals surface area contributed by atoms with Crippen LogP contribution < -0.4 is 11.1 Å². The number of rotatable bonds is 4. The summed E-state index contributed by atoms with van der Waals surface area (Å²) in [6.07, 6.45) is 0.311. The van der Waals surface area contributed by atoms with Crippen LogP contribution >= 0.6 is 0 Å². The molecular formula is C14H18N4O. The van der Waals surface area contributed by atoms with Gasteiger partial charge in [-0.3, -0.25) is 4.79 Å². The highest BCUT2D eigenvalue weighted by Gasteiger charge is 2.10. The first-order valence-electron chi connectivity index (χ1n) is 6.24. The second kappa shape index (κ2) is 5.67. The van der Waals surface area contributed by atoms with Crippen LogP contribution in [0.3, 0.4) is 0 Å². The van der Waals surface area contributed by atoms with E-state index in [-0.39, 0.29) is 5.91 Å². The van der Waals surface area contributed by atoms with E-state index in [0.29, 0.717) is 13.0 Å². The van der Waals surface area contributed by atoms with Crippen molar-refractivity contribution < 1.29 is 4.79 Å². The lowest BCUT2D eigenvalue weighted by molar-refractivity contribution is -0.116. The number of benzene rings is 1. The molecule has 0 spiro atoms. The Bertz CT molecular complexity index is 589. The highest BCUT2D eigenvalue weighted by molar-refractivity contribution is 5.92. The molecule has 2 rings (SSSR count). The topological polar surface area (TPSA) is 72.9 Å². The number of nitrogens with one attached hydrogen (secondary N) is 1. The lowest BCUT2D eigenvalue weighted by atomic mass is 10.2. The van der Waals surface area contributed by atoms with Crippen molar-refractivity contribution >= 4 is 11.6 Å². The molecule has 0 aliphatic heterocycles. The molecule has 3 N–H and O–H groups in total. The summed E-state index contributed by atoms with van der Waals surface area (Å²) in [5.41, 5.74) is 8.95. The molecule has 0 bridgehead atoms. The van der Waals surface area contributed by atoms with Crippen LogP contribution in [0, 0.1) is 13.8 Å². The number of aryl methyl sites for hydroxylation is 2. The summed E-state index contributed by atoms with van der Waals surface area (Å²) in [6, 6.07) is 9.59. The lowest BCUT2D eigenvalue weighted by Gasteiger charge is -2.12. The van der Waals surface area contributed by atoms with Crippen molar-refractivity contribution in [2.45, 2.75) is 20.3 Å². The van der Waals surface area contributed by atoms with Crippen LogP contribution in [0.1, 0.15) is 17.8 Å². The quantitative estimate of drug-likeness (QED) is 0.878. The van der Waals surface area contributed by atoms with Crippen LogP contribution in [0.15, 0.2) is 30.3 Å². The maximum Gasteiger partial charge on any atom is 0.225 e. The standard InChI is InChI=1S/C14H18N4O/c1-10-9-11(2)18(17-10)13-6-4-3-5-12(13)16-14(19)7-8-15/h3-6,9H,7-8,15H2,1-2H3,(H,16,19). The molecule has 100 valence electrons. The van der Waals surface area contributed by atoms with Crippen LogP contribution in [0.5, 0.6) is 0 Å². The summed E-state index contributed by atoms with van der Waals surface area (Å²) >= 11 is 0. The molecule has 1 heterocycles. The zero-order chi connectivity index (χ0) is 13.8. The molecule has 1 amide bonds. The molecular weight excluding hydrogens is 240 g/mol. The van der Waals surface area contributed by atoms with Gasteiger partial charge in [-0.1, -0.05) is 12.1 Å². The Hall–Kier alpha value is -2.14. The number of hydrogen-bond donors (Lipinski definition) is 2. The van der Waals surface area contributed by atoms with E-state index in [2.05, 4.69) is 10.4 Å². The molecule has 1 aromatic carbocycles. The molecule has 0 saturated carbocycles. The van der Waals surface area contributed by atoms with Gasteiger partial charge in [-0.25, -0.2) is 4.68 Å². The fourth-order valence-corrected chi connectivity index (χ4v) is 1.98. The highest BCUT2D eigenvalue weighted by Crippen LogP contribution is 2.21. The van der Waals surface area contributed by atoms with Crippen molar-refractivity contribution in [2.24, 2.45) is 5.73 Å². The SMILES string of the molecule is Cc1cc(C)n(-c2ccccc2NC(=O)CCN)n1. The van der Waals surface area contributed by atoms with E-state index >= 15 is 0 Å².